The molecule has 1 N–H and O–H groups in total. The van der Waals surface area contributed by atoms with Crippen LogP contribution < -0.4 is 5.32 Å². The lowest BCUT2D eigenvalue weighted by Crippen LogP contribution is -2.17. The quantitative estimate of drug-likeness (QED) is 0.741. The topological polar surface area (TPSA) is 42.7 Å². The van der Waals surface area contributed by atoms with Crippen LogP contribution in [0.15, 0.2) is 61.2 Å². The molecule has 0 spiro atoms. The van der Waals surface area contributed by atoms with Gasteiger partial charge < -0.3 is 9.88 Å². The smallest absolute Gasteiger partial charge is 0.329 e. The third-order valence-corrected chi connectivity index (χ3v) is 3.77. The molecule has 2 aromatic heterocycles. The van der Waals surface area contributed by atoms with E-state index in [1.54, 1.807) is 18.6 Å². The zero-order valence-electron chi connectivity index (χ0n) is 13.4. The first-order valence-electron chi connectivity index (χ1n) is 7.78. The molecule has 130 valence electrons. The minimum absolute atomic E-state index is 0.474. The molecule has 0 radical (unpaired) electrons. The van der Waals surface area contributed by atoms with Crippen LogP contribution in [0.25, 0.3) is 0 Å². The van der Waals surface area contributed by atoms with Gasteiger partial charge in [-0.25, -0.2) is 4.98 Å². The summed E-state index contributed by atoms with van der Waals surface area (Å²) >= 11 is 0. The Kier molecular flexibility index (Phi) is 5.14. The molecule has 1 aromatic carbocycles. The third kappa shape index (κ3) is 4.67. The molecule has 0 unspecified atom stereocenters. The maximum atomic E-state index is 12.6. The Balaban J connectivity index is 1.60. The summed E-state index contributed by atoms with van der Waals surface area (Å²) in [6.45, 7) is 1.70. The second-order valence-electron chi connectivity index (χ2n) is 5.63. The molecule has 0 aliphatic carbocycles. The van der Waals surface area contributed by atoms with E-state index in [4.69, 9.17) is 0 Å². The summed E-state index contributed by atoms with van der Waals surface area (Å²) in [5.41, 5.74) is 1.23. The number of rotatable bonds is 6. The minimum atomic E-state index is -4.31. The fraction of sp³-hybridized carbons (Fsp3) is 0.222. The molecule has 3 rings (SSSR count). The highest BCUT2D eigenvalue weighted by molar-refractivity contribution is 5.25. The Morgan fingerprint density at radius 2 is 1.76 bits per heavy atom. The van der Waals surface area contributed by atoms with Crippen molar-refractivity contribution in [1.82, 2.24) is 19.9 Å². The van der Waals surface area contributed by atoms with Crippen molar-refractivity contribution in [3.05, 3.63) is 83.7 Å². The third-order valence-electron chi connectivity index (χ3n) is 3.77. The summed E-state index contributed by atoms with van der Waals surface area (Å²) < 4.78 is 39.8. The van der Waals surface area contributed by atoms with Crippen LogP contribution in [0.2, 0.25) is 0 Å². The van der Waals surface area contributed by atoms with Crippen molar-refractivity contribution in [2.75, 3.05) is 0 Å². The zero-order valence-corrected chi connectivity index (χ0v) is 13.4. The molecule has 0 fully saturated rings. The van der Waals surface area contributed by atoms with Crippen LogP contribution >= 0.6 is 0 Å². The number of aromatic nitrogens is 3. The minimum Gasteiger partial charge on any atom is -0.329 e. The number of hydrogen-bond donors (Lipinski definition) is 1. The molecule has 0 aliphatic heterocycles. The molecule has 0 saturated carbocycles. The van der Waals surface area contributed by atoms with Gasteiger partial charge in [0.15, 0.2) is 0 Å². The van der Waals surface area contributed by atoms with Crippen LogP contribution in [-0.4, -0.2) is 14.5 Å². The number of pyridine rings is 1. The predicted octanol–water partition coefficient (Wildman–Crippen LogP) is 3.64. The maximum absolute atomic E-state index is 12.6. The van der Waals surface area contributed by atoms with E-state index in [-0.39, 0.29) is 0 Å². The van der Waals surface area contributed by atoms with Gasteiger partial charge in [0.2, 0.25) is 0 Å². The summed E-state index contributed by atoms with van der Waals surface area (Å²) in [6.07, 6.45) is 2.71. The Morgan fingerprint density at radius 3 is 2.44 bits per heavy atom. The first kappa shape index (κ1) is 17.2. The molecule has 0 aliphatic rings. The van der Waals surface area contributed by atoms with Crippen molar-refractivity contribution in [3.8, 4) is 0 Å². The van der Waals surface area contributed by atoms with Gasteiger partial charge >= 0.3 is 6.18 Å². The second-order valence-corrected chi connectivity index (χ2v) is 5.63. The van der Waals surface area contributed by atoms with E-state index in [0.717, 1.165) is 29.1 Å². The fourth-order valence-corrected chi connectivity index (χ4v) is 2.47. The van der Waals surface area contributed by atoms with E-state index in [1.807, 2.05) is 22.9 Å². The van der Waals surface area contributed by atoms with Crippen molar-refractivity contribution in [3.63, 3.8) is 0 Å². The van der Waals surface area contributed by atoms with E-state index in [2.05, 4.69) is 15.3 Å². The maximum Gasteiger partial charge on any atom is 0.416 e. The lowest BCUT2D eigenvalue weighted by Gasteiger charge is -2.11. The molecule has 0 saturated heterocycles. The standard InChI is InChI=1S/C18H17F3N4/c19-18(20,21)16-5-3-14(4-6-16)13-25-9-8-24-17(25)12-23-11-15-2-1-7-22-10-15/h1-10,23H,11-13H2. The molecule has 0 amide bonds. The second kappa shape index (κ2) is 7.48. The van der Waals surface area contributed by atoms with Crippen LogP contribution in [0.1, 0.15) is 22.5 Å². The van der Waals surface area contributed by atoms with Crippen LogP contribution in [0.4, 0.5) is 13.2 Å². The van der Waals surface area contributed by atoms with E-state index >= 15 is 0 Å². The number of benzene rings is 1. The Morgan fingerprint density at radius 1 is 0.960 bits per heavy atom. The van der Waals surface area contributed by atoms with Gasteiger partial charge in [-0.1, -0.05) is 18.2 Å². The molecule has 25 heavy (non-hydrogen) atoms. The van der Waals surface area contributed by atoms with Gasteiger partial charge in [-0.05, 0) is 29.3 Å². The van der Waals surface area contributed by atoms with Crippen molar-refractivity contribution < 1.29 is 13.2 Å². The number of hydrogen-bond acceptors (Lipinski definition) is 3. The van der Waals surface area contributed by atoms with Gasteiger partial charge in [0.1, 0.15) is 5.82 Å². The summed E-state index contributed by atoms with van der Waals surface area (Å²) in [6, 6.07) is 9.06. The lowest BCUT2D eigenvalue weighted by molar-refractivity contribution is -0.137. The van der Waals surface area contributed by atoms with E-state index in [1.165, 1.54) is 12.1 Å². The van der Waals surface area contributed by atoms with Crippen molar-refractivity contribution in [2.45, 2.75) is 25.8 Å². The zero-order chi connectivity index (χ0) is 17.7. The number of nitrogens with zero attached hydrogens (tertiary/aromatic N) is 3. The molecule has 4 nitrogen and oxygen atoms in total. The summed E-state index contributed by atoms with van der Waals surface area (Å²) in [7, 11) is 0. The van der Waals surface area contributed by atoms with Gasteiger partial charge in [-0.3, -0.25) is 4.98 Å². The van der Waals surface area contributed by atoms with Crippen molar-refractivity contribution >= 4 is 0 Å². The monoisotopic (exact) mass is 346 g/mol. The predicted molar refractivity (Wildman–Crippen MR) is 87.6 cm³/mol. The van der Waals surface area contributed by atoms with E-state index < -0.39 is 11.7 Å². The van der Waals surface area contributed by atoms with Crippen LogP contribution in [0, 0.1) is 0 Å². The van der Waals surface area contributed by atoms with Crippen molar-refractivity contribution in [2.24, 2.45) is 0 Å². The van der Waals surface area contributed by atoms with Gasteiger partial charge in [0.05, 0.1) is 12.1 Å². The lowest BCUT2D eigenvalue weighted by atomic mass is 10.1. The van der Waals surface area contributed by atoms with Crippen molar-refractivity contribution in [1.29, 1.82) is 0 Å². The van der Waals surface area contributed by atoms with Crippen LogP contribution in [0.3, 0.4) is 0 Å². The summed E-state index contributed by atoms with van der Waals surface area (Å²) in [5, 5.41) is 3.29. The van der Waals surface area contributed by atoms with Crippen LogP contribution in [-0.2, 0) is 25.8 Å². The first-order chi connectivity index (χ1) is 12.0. The number of alkyl halides is 3. The summed E-state index contributed by atoms with van der Waals surface area (Å²) in [5.74, 6) is 0.823. The highest BCUT2D eigenvalue weighted by atomic mass is 19.4. The molecule has 7 heteroatoms. The highest BCUT2D eigenvalue weighted by Crippen LogP contribution is 2.29. The number of nitrogens with one attached hydrogen (secondary N) is 1. The Bertz CT molecular complexity index is 795. The highest BCUT2D eigenvalue weighted by Gasteiger charge is 2.29. The molecule has 0 atom stereocenters. The fourth-order valence-electron chi connectivity index (χ4n) is 2.47. The number of halogens is 3. The summed E-state index contributed by atoms with van der Waals surface area (Å²) in [4.78, 5) is 8.36. The molecule has 3 aromatic rings. The normalized spacial score (nSPS) is 11.6. The molecular formula is C18H17F3N4. The molecule has 0 bridgehead atoms. The first-order valence-corrected chi connectivity index (χ1v) is 7.78. The average Bonchev–Trinajstić information content (AvgIpc) is 3.03. The largest absolute Gasteiger partial charge is 0.416 e. The van der Waals surface area contributed by atoms with Gasteiger partial charge in [0, 0.05) is 37.9 Å². The number of imidazole rings is 1. The van der Waals surface area contributed by atoms with Crippen LogP contribution in [0.5, 0.6) is 0 Å². The van der Waals surface area contributed by atoms with E-state index in [9.17, 15) is 13.2 Å². The van der Waals surface area contributed by atoms with Gasteiger partial charge in [0.25, 0.3) is 0 Å². The average molecular weight is 346 g/mol. The van der Waals surface area contributed by atoms with Gasteiger partial charge in [-0.15, -0.1) is 0 Å². The Labute approximate surface area is 143 Å². The Hall–Kier alpha value is -2.67. The molecule has 2 heterocycles. The SMILES string of the molecule is FC(F)(F)c1ccc(Cn2ccnc2CNCc2cccnc2)cc1. The van der Waals surface area contributed by atoms with E-state index in [0.29, 0.717) is 19.6 Å². The molecular weight excluding hydrogens is 329 g/mol. The van der Waals surface area contributed by atoms with Gasteiger partial charge in [-0.2, -0.15) is 13.2 Å².